The first-order valence-corrected chi connectivity index (χ1v) is 13.5. The zero-order valence-electron chi connectivity index (χ0n) is 21.1. The maximum Gasteiger partial charge on any atom is 0.311 e. The van der Waals surface area contributed by atoms with Crippen molar-refractivity contribution in [3.63, 3.8) is 0 Å². The third-order valence-electron chi connectivity index (χ3n) is 8.26. The maximum absolute atomic E-state index is 14.0. The number of para-hydroxylation sites is 2. The summed E-state index contributed by atoms with van der Waals surface area (Å²) in [5.74, 6) is -1.75. The first-order valence-electron chi connectivity index (χ1n) is 13.5. The summed E-state index contributed by atoms with van der Waals surface area (Å²) in [6.07, 6.45) is 5.49. The van der Waals surface area contributed by atoms with Crippen molar-refractivity contribution in [2.75, 3.05) is 4.90 Å². The lowest BCUT2D eigenvalue weighted by atomic mass is 9.55. The molecule has 1 aliphatic heterocycles. The SMILES string of the molecule is CCCCCCCC(=O)Oc1ccccc1N1C(=O)[C@@H]2C3c4ccccc4C(c4ccccc43)[C@@H]2C1=O. The van der Waals surface area contributed by atoms with Crippen LogP contribution < -0.4 is 9.64 Å². The summed E-state index contributed by atoms with van der Waals surface area (Å²) in [5.41, 5.74) is 4.91. The predicted molar refractivity (Wildman–Crippen MR) is 141 cm³/mol. The molecule has 5 nitrogen and oxygen atoms in total. The minimum absolute atomic E-state index is 0.165. The molecule has 2 bridgehead atoms. The van der Waals surface area contributed by atoms with Gasteiger partial charge in [0.2, 0.25) is 11.8 Å². The number of ether oxygens (including phenoxy) is 1. The van der Waals surface area contributed by atoms with E-state index in [4.69, 9.17) is 4.74 Å². The fraction of sp³-hybridized carbons (Fsp3) is 0.344. The fourth-order valence-corrected chi connectivity index (χ4v) is 6.69. The Labute approximate surface area is 217 Å². The first kappa shape index (κ1) is 23.7. The van der Waals surface area contributed by atoms with Gasteiger partial charge in [-0.05, 0) is 40.8 Å². The molecule has 2 amide bonds. The van der Waals surface area contributed by atoms with E-state index in [0.717, 1.165) is 54.4 Å². The zero-order chi connectivity index (χ0) is 25.5. The highest BCUT2D eigenvalue weighted by molar-refractivity contribution is 6.24. The standard InChI is InChI=1S/C32H31NO4/c1-2-3-4-5-6-19-26(34)37-25-18-12-11-17-24(25)33-31(35)29-27-20-13-7-8-14-21(20)28(30(29)32(33)36)23-16-10-9-15-22(23)27/h7-18,27-30H,2-6,19H2,1H3/t27?,28?,29-,30+. The van der Waals surface area contributed by atoms with Crippen LogP contribution in [0, 0.1) is 11.8 Å². The topological polar surface area (TPSA) is 63.7 Å². The lowest BCUT2D eigenvalue weighted by molar-refractivity contribution is -0.134. The number of anilines is 1. The Morgan fingerprint density at radius 2 is 1.19 bits per heavy atom. The van der Waals surface area contributed by atoms with Crippen LogP contribution in [0.25, 0.3) is 0 Å². The molecular weight excluding hydrogens is 462 g/mol. The average Bonchev–Trinajstić information content (AvgIpc) is 3.19. The number of hydrogen-bond donors (Lipinski definition) is 0. The third kappa shape index (κ3) is 3.79. The summed E-state index contributed by atoms with van der Waals surface area (Å²) in [6, 6.07) is 23.3. The molecule has 0 spiro atoms. The fourth-order valence-electron chi connectivity index (χ4n) is 6.69. The van der Waals surface area contributed by atoms with E-state index in [-0.39, 0.29) is 35.4 Å². The van der Waals surface area contributed by atoms with Crippen molar-refractivity contribution in [3.05, 3.63) is 95.1 Å². The third-order valence-corrected chi connectivity index (χ3v) is 8.26. The Kier molecular flexibility index (Phi) is 6.15. The van der Waals surface area contributed by atoms with E-state index in [1.54, 1.807) is 24.3 Å². The summed E-state index contributed by atoms with van der Waals surface area (Å²) >= 11 is 0. The second-order valence-electron chi connectivity index (χ2n) is 10.4. The number of amides is 2. The van der Waals surface area contributed by atoms with Gasteiger partial charge in [0.05, 0.1) is 17.5 Å². The zero-order valence-corrected chi connectivity index (χ0v) is 21.1. The maximum atomic E-state index is 14.0. The van der Waals surface area contributed by atoms with Crippen LogP contribution in [0.3, 0.4) is 0 Å². The van der Waals surface area contributed by atoms with Crippen LogP contribution in [-0.2, 0) is 14.4 Å². The van der Waals surface area contributed by atoms with Crippen LogP contribution in [0.15, 0.2) is 72.8 Å². The molecule has 3 aromatic carbocycles. The molecule has 0 unspecified atom stereocenters. The van der Waals surface area contributed by atoms with E-state index < -0.39 is 11.8 Å². The molecule has 1 heterocycles. The second-order valence-corrected chi connectivity index (χ2v) is 10.4. The van der Waals surface area contributed by atoms with Crippen molar-refractivity contribution >= 4 is 23.5 Å². The Bertz CT molecular complexity index is 1260. The first-order chi connectivity index (χ1) is 18.1. The van der Waals surface area contributed by atoms with Crippen molar-refractivity contribution in [1.82, 2.24) is 0 Å². The normalized spacial score (nSPS) is 23.0. The van der Waals surface area contributed by atoms with Gasteiger partial charge in [-0.2, -0.15) is 0 Å². The molecule has 2 atom stereocenters. The van der Waals surface area contributed by atoms with Gasteiger partial charge in [-0.3, -0.25) is 14.4 Å². The molecular formula is C32H31NO4. The number of esters is 1. The summed E-state index contributed by atoms with van der Waals surface area (Å²) in [7, 11) is 0. The summed E-state index contributed by atoms with van der Waals surface area (Å²) in [5, 5.41) is 0. The van der Waals surface area contributed by atoms with Crippen LogP contribution in [-0.4, -0.2) is 17.8 Å². The van der Waals surface area contributed by atoms with Crippen LogP contribution in [0.1, 0.15) is 79.5 Å². The van der Waals surface area contributed by atoms with Gasteiger partial charge in [-0.15, -0.1) is 0 Å². The highest BCUT2D eigenvalue weighted by atomic mass is 16.5. The number of carbonyl (C=O) groups is 3. The lowest BCUT2D eigenvalue weighted by Gasteiger charge is -2.45. The lowest BCUT2D eigenvalue weighted by Crippen LogP contribution is -2.41. The summed E-state index contributed by atoms with van der Waals surface area (Å²) in [6.45, 7) is 2.16. The molecule has 37 heavy (non-hydrogen) atoms. The highest BCUT2D eigenvalue weighted by Gasteiger charge is 2.62. The number of rotatable bonds is 8. The van der Waals surface area contributed by atoms with Gasteiger partial charge < -0.3 is 4.74 Å². The number of nitrogens with zero attached hydrogens (tertiary/aromatic N) is 1. The molecule has 0 radical (unpaired) electrons. The van der Waals surface area contributed by atoms with E-state index >= 15 is 0 Å². The Morgan fingerprint density at radius 1 is 0.703 bits per heavy atom. The monoisotopic (exact) mass is 493 g/mol. The molecule has 1 fully saturated rings. The van der Waals surface area contributed by atoms with Gasteiger partial charge in [-0.25, -0.2) is 4.90 Å². The van der Waals surface area contributed by atoms with Crippen LogP contribution in [0.4, 0.5) is 5.69 Å². The molecule has 7 rings (SSSR count). The van der Waals surface area contributed by atoms with Gasteiger partial charge in [-0.1, -0.05) is 93.3 Å². The molecule has 1 saturated heterocycles. The summed E-state index contributed by atoms with van der Waals surface area (Å²) < 4.78 is 5.72. The van der Waals surface area contributed by atoms with Crippen LogP contribution in [0.5, 0.6) is 5.75 Å². The number of unbranched alkanes of at least 4 members (excludes halogenated alkanes) is 4. The predicted octanol–water partition coefficient (Wildman–Crippen LogP) is 6.35. The van der Waals surface area contributed by atoms with Gasteiger partial charge in [0, 0.05) is 18.3 Å². The molecule has 3 aromatic rings. The van der Waals surface area contributed by atoms with E-state index in [2.05, 4.69) is 31.2 Å². The van der Waals surface area contributed by atoms with Crippen LogP contribution >= 0.6 is 0 Å². The van der Waals surface area contributed by atoms with Crippen molar-refractivity contribution in [2.24, 2.45) is 11.8 Å². The summed E-state index contributed by atoms with van der Waals surface area (Å²) in [4.78, 5) is 42.0. The molecule has 4 aliphatic rings. The van der Waals surface area contributed by atoms with Crippen LogP contribution in [0.2, 0.25) is 0 Å². The minimum Gasteiger partial charge on any atom is -0.424 e. The molecule has 0 aromatic heterocycles. The van der Waals surface area contributed by atoms with E-state index in [9.17, 15) is 14.4 Å². The van der Waals surface area contributed by atoms with Gasteiger partial charge in [0.25, 0.3) is 0 Å². The van der Waals surface area contributed by atoms with E-state index in [0.29, 0.717) is 12.1 Å². The quantitative estimate of drug-likeness (QED) is 0.159. The van der Waals surface area contributed by atoms with Gasteiger partial charge >= 0.3 is 5.97 Å². The van der Waals surface area contributed by atoms with Crippen molar-refractivity contribution < 1.29 is 19.1 Å². The Balaban J connectivity index is 1.32. The molecule has 0 N–H and O–H groups in total. The number of hydrogen-bond acceptors (Lipinski definition) is 4. The molecule has 5 heteroatoms. The molecule has 3 aliphatic carbocycles. The second kappa shape index (κ2) is 9.62. The van der Waals surface area contributed by atoms with Gasteiger partial charge in [0.1, 0.15) is 0 Å². The Hall–Kier alpha value is -3.73. The van der Waals surface area contributed by atoms with Gasteiger partial charge in [0.15, 0.2) is 5.75 Å². The number of imide groups is 1. The largest absolute Gasteiger partial charge is 0.424 e. The highest BCUT2D eigenvalue weighted by Crippen LogP contribution is 2.61. The average molecular weight is 494 g/mol. The van der Waals surface area contributed by atoms with E-state index in [1.165, 1.54) is 4.90 Å². The van der Waals surface area contributed by atoms with Crippen molar-refractivity contribution in [2.45, 2.75) is 57.3 Å². The van der Waals surface area contributed by atoms with E-state index in [1.807, 2.05) is 24.3 Å². The molecule has 188 valence electrons. The Morgan fingerprint density at radius 3 is 1.73 bits per heavy atom. The number of carbonyl (C=O) groups excluding carboxylic acids is 3. The van der Waals surface area contributed by atoms with Crippen molar-refractivity contribution in [1.29, 1.82) is 0 Å². The van der Waals surface area contributed by atoms with Crippen molar-refractivity contribution in [3.8, 4) is 5.75 Å². The molecule has 0 saturated carbocycles. The number of benzene rings is 3. The minimum atomic E-state index is -0.468. The smallest absolute Gasteiger partial charge is 0.311 e.